The van der Waals surface area contributed by atoms with Crippen molar-refractivity contribution in [1.82, 2.24) is 14.5 Å². The van der Waals surface area contributed by atoms with Crippen LogP contribution in [0.4, 0.5) is 0 Å². The maximum absolute atomic E-state index is 6.41. The van der Waals surface area contributed by atoms with Crippen molar-refractivity contribution in [2.24, 2.45) is 0 Å². The van der Waals surface area contributed by atoms with Crippen molar-refractivity contribution in [2.75, 3.05) is 0 Å². The van der Waals surface area contributed by atoms with Crippen molar-refractivity contribution in [2.45, 2.75) is 0 Å². The van der Waals surface area contributed by atoms with Crippen LogP contribution in [0.15, 0.2) is 156 Å². The lowest BCUT2D eigenvalue weighted by atomic mass is 10.00. The number of furan rings is 1. The summed E-state index contributed by atoms with van der Waals surface area (Å²) in [4.78, 5) is 10.0. The minimum Gasteiger partial charge on any atom is -0.454 e. The number of aromatic nitrogens is 3. The molecule has 0 fully saturated rings. The topological polar surface area (TPSA) is 43.9 Å². The van der Waals surface area contributed by atoms with Crippen molar-refractivity contribution < 1.29 is 4.42 Å². The van der Waals surface area contributed by atoms with Crippen molar-refractivity contribution in [1.29, 1.82) is 0 Å². The minimum absolute atomic E-state index is 0.823. The van der Waals surface area contributed by atoms with Crippen LogP contribution in [0.2, 0.25) is 0 Å². The van der Waals surface area contributed by atoms with Gasteiger partial charge in [0.2, 0.25) is 0 Å². The molecule has 0 aliphatic heterocycles. The monoisotopic (exact) mass is 563 g/mol. The Balaban J connectivity index is 1.11. The molecule has 4 heteroatoms. The van der Waals surface area contributed by atoms with Crippen molar-refractivity contribution in [3.8, 4) is 39.5 Å². The van der Waals surface area contributed by atoms with Gasteiger partial charge in [-0.3, -0.25) is 4.57 Å². The Bertz CT molecular complexity index is 2470. The van der Waals surface area contributed by atoms with Gasteiger partial charge in [0.25, 0.3) is 0 Å². The molecule has 0 saturated carbocycles. The zero-order valence-electron chi connectivity index (χ0n) is 23.7. The number of fused-ring (bicyclic) bond motifs is 6. The van der Waals surface area contributed by atoms with E-state index < -0.39 is 0 Å². The van der Waals surface area contributed by atoms with E-state index in [9.17, 15) is 0 Å². The summed E-state index contributed by atoms with van der Waals surface area (Å²) in [7, 11) is 0. The fourth-order valence-electron chi connectivity index (χ4n) is 6.32. The molecule has 0 amide bonds. The number of benzene rings is 6. The summed E-state index contributed by atoms with van der Waals surface area (Å²) in [5.41, 5.74) is 11.1. The number of nitrogens with zero attached hydrogens (tertiary/aromatic N) is 3. The molecule has 0 saturated heterocycles. The fraction of sp³-hybridized carbons (Fsp3) is 0. The fourth-order valence-corrected chi connectivity index (χ4v) is 6.32. The van der Waals surface area contributed by atoms with Crippen LogP contribution in [0.25, 0.3) is 83.3 Å². The lowest BCUT2D eigenvalue weighted by molar-refractivity contribution is 0.669. The predicted molar refractivity (Wildman–Crippen MR) is 180 cm³/mol. The van der Waals surface area contributed by atoms with Crippen molar-refractivity contribution >= 4 is 43.9 Å². The maximum Gasteiger partial charge on any atom is 0.162 e. The summed E-state index contributed by atoms with van der Waals surface area (Å²) in [6, 6.07) is 52.5. The molecule has 0 aliphatic carbocycles. The van der Waals surface area contributed by atoms with Crippen LogP contribution in [0.5, 0.6) is 0 Å². The molecule has 0 aliphatic rings. The summed E-state index contributed by atoms with van der Waals surface area (Å²) < 4.78 is 8.65. The molecule has 0 bridgehead atoms. The first-order valence-electron chi connectivity index (χ1n) is 14.8. The van der Waals surface area contributed by atoms with Gasteiger partial charge in [0.05, 0.1) is 16.6 Å². The van der Waals surface area contributed by atoms with Crippen LogP contribution < -0.4 is 0 Å². The largest absolute Gasteiger partial charge is 0.454 e. The highest BCUT2D eigenvalue weighted by atomic mass is 16.3. The molecular formula is C40H25N3O. The average molecular weight is 564 g/mol. The van der Waals surface area contributed by atoms with Crippen LogP contribution in [-0.2, 0) is 0 Å². The van der Waals surface area contributed by atoms with E-state index in [1.165, 1.54) is 0 Å². The Labute approximate surface area is 253 Å². The number of para-hydroxylation sites is 4. The lowest BCUT2D eigenvalue weighted by Gasteiger charge is -2.11. The average Bonchev–Trinajstić information content (AvgIpc) is 3.68. The van der Waals surface area contributed by atoms with Gasteiger partial charge in [-0.25, -0.2) is 9.97 Å². The van der Waals surface area contributed by atoms with Gasteiger partial charge in [-0.15, -0.1) is 0 Å². The maximum atomic E-state index is 6.41. The number of hydrogen-bond donors (Lipinski definition) is 0. The molecule has 206 valence electrons. The molecule has 9 rings (SSSR count). The first-order chi connectivity index (χ1) is 21.8. The van der Waals surface area contributed by atoms with Crippen LogP contribution in [0.3, 0.4) is 0 Å². The molecule has 0 atom stereocenters. The highest BCUT2D eigenvalue weighted by Gasteiger charge is 2.18. The first-order valence-corrected chi connectivity index (χ1v) is 14.8. The summed E-state index contributed by atoms with van der Waals surface area (Å²) >= 11 is 0. The Hall–Kier alpha value is -6.00. The van der Waals surface area contributed by atoms with Crippen LogP contribution >= 0.6 is 0 Å². The van der Waals surface area contributed by atoms with Crippen LogP contribution in [-0.4, -0.2) is 14.5 Å². The van der Waals surface area contributed by atoms with Gasteiger partial charge in [0, 0.05) is 33.0 Å². The van der Waals surface area contributed by atoms with Gasteiger partial charge < -0.3 is 4.42 Å². The van der Waals surface area contributed by atoms with E-state index in [0.717, 1.165) is 83.3 Å². The quantitative estimate of drug-likeness (QED) is 0.214. The number of hydrogen-bond acceptors (Lipinski definition) is 3. The summed E-state index contributed by atoms with van der Waals surface area (Å²) in [5.74, 6) is 0.934. The van der Waals surface area contributed by atoms with Crippen molar-refractivity contribution in [3.63, 3.8) is 0 Å². The van der Waals surface area contributed by atoms with E-state index in [2.05, 4.69) is 126 Å². The number of pyridine rings is 1. The van der Waals surface area contributed by atoms with E-state index in [4.69, 9.17) is 14.4 Å². The predicted octanol–water partition coefficient (Wildman–Crippen LogP) is 10.5. The van der Waals surface area contributed by atoms with Crippen molar-refractivity contribution in [3.05, 3.63) is 152 Å². The second-order valence-electron chi connectivity index (χ2n) is 11.0. The lowest BCUT2D eigenvalue weighted by Crippen LogP contribution is -1.97. The summed E-state index contributed by atoms with van der Waals surface area (Å²) in [6.07, 6.45) is 0. The standard InChI is InChI=1S/C40H25N3O/c1-2-10-29(11-3-1)40-42-34-15-7-8-16-35(34)43(40)30-24-22-27(23-25-30)26-18-20-28(21-19-26)38-39-37(31-12-4-6-14-33(31)41-38)32-13-5-9-17-36(32)44-39/h1-25H. The molecule has 0 unspecified atom stereocenters. The number of imidazole rings is 1. The smallest absolute Gasteiger partial charge is 0.162 e. The Kier molecular flexibility index (Phi) is 5.47. The number of rotatable bonds is 4. The summed E-state index contributed by atoms with van der Waals surface area (Å²) in [5, 5.41) is 3.33. The third-order valence-corrected chi connectivity index (χ3v) is 8.43. The molecule has 3 aromatic heterocycles. The van der Waals surface area contributed by atoms with Gasteiger partial charge in [0.15, 0.2) is 5.58 Å². The first kappa shape index (κ1) is 24.6. The van der Waals surface area contributed by atoms with Gasteiger partial charge >= 0.3 is 0 Å². The molecule has 6 aromatic carbocycles. The molecule has 0 radical (unpaired) electrons. The highest BCUT2D eigenvalue weighted by Crippen LogP contribution is 2.39. The molecule has 3 heterocycles. The minimum atomic E-state index is 0.823. The van der Waals surface area contributed by atoms with Gasteiger partial charge in [-0.05, 0) is 47.5 Å². The van der Waals surface area contributed by atoms with E-state index in [-0.39, 0.29) is 0 Å². The zero-order chi connectivity index (χ0) is 29.0. The molecule has 0 spiro atoms. The van der Waals surface area contributed by atoms with Crippen LogP contribution in [0, 0.1) is 0 Å². The SMILES string of the molecule is c1ccc(-c2nc3ccccc3n2-c2ccc(-c3ccc(-c4nc5ccccc5c5c4oc4ccccc45)cc3)cc2)cc1. The normalized spacial score (nSPS) is 11.6. The van der Waals surface area contributed by atoms with E-state index in [1.807, 2.05) is 30.3 Å². The van der Waals surface area contributed by atoms with E-state index in [0.29, 0.717) is 0 Å². The van der Waals surface area contributed by atoms with Gasteiger partial charge in [0.1, 0.15) is 17.1 Å². The van der Waals surface area contributed by atoms with Gasteiger partial charge in [-0.2, -0.15) is 0 Å². The third kappa shape index (κ3) is 3.85. The zero-order valence-corrected chi connectivity index (χ0v) is 23.7. The Morgan fingerprint density at radius 2 is 1.07 bits per heavy atom. The molecule has 44 heavy (non-hydrogen) atoms. The molecule has 9 aromatic rings. The highest BCUT2D eigenvalue weighted by molar-refractivity contribution is 6.20. The van der Waals surface area contributed by atoms with E-state index >= 15 is 0 Å². The molecular weight excluding hydrogens is 538 g/mol. The van der Waals surface area contributed by atoms with E-state index in [1.54, 1.807) is 0 Å². The van der Waals surface area contributed by atoms with Gasteiger partial charge in [-0.1, -0.05) is 115 Å². The molecule has 4 nitrogen and oxygen atoms in total. The summed E-state index contributed by atoms with van der Waals surface area (Å²) in [6.45, 7) is 0. The Morgan fingerprint density at radius 1 is 0.455 bits per heavy atom. The third-order valence-electron chi connectivity index (χ3n) is 8.43. The second kappa shape index (κ2) is 9.79. The molecule has 0 N–H and O–H groups in total. The Morgan fingerprint density at radius 3 is 1.86 bits per heavy atom. The van der Waals surface area contributed by atoms with Crippen LogP contribution in [0.1, 0.15) is 0 Å². The second-order valence-corrected chi connectivity index (χ2v) is 11.0.